The van der Waals surface area contributed by atoms with E-state index in [-0.39, 0.29) is 28.6 Å². The van der Waals surface area contributed by atoms with Crippen LogP contribution in [0, 0.1) is 0 Å². The maximum atomic E-state index is 11.8. The Morgan fingerprint density at radius 3 is 2.50 bits per heavy atom. The van der Waals surface area contributed by atoms with Gasteiger partial charge in [-0.15, -0.1) is 0 Å². The van der Waals surface area contributed by atoms with Crippen LogP contribution in [0.4, 0.5) is 0 Å². The summed E-state index contributed by atoms with van der Waals surface area (Å²) < 4.78 is 0. The molecule has 0 aliphatic heterocycles. The molecule has 0 aliphatic rings. The molecule has 0 aliphatic carbocycles. The van der Waals surface area contributed by atoms with Crippen molar-refractivity contribution >= 4 is 17.5 Å². The van der Waals surface area contributed by atoms with Gasteiger partial charge in [0.15, 0.2) is 0 Å². The lowest BCUT2D eigenvalue weighted by atomic mass is 10.2. The number of carbonyl (C=O) groups is 1. The minimum Gasteiger partial charge on any atom is -0.348 e. The number of halogens is 1. The van der Waals surface area contributed by atoms with Crippen molar-refractivity contribution in [3.8, 4) is 0 Å². The lowest BCUT2D eigenvalue weighted by molar-refractivity contribution is 0.0937. The van der Waals surface area contributed by atoms with Gasteiger partial charge in [-0.1, -0.05) is 25.4 Å². The molecule has 4 nitrogen and oxygen atoms in total. The van der Waals surface area contributed by atoms with Gasteiger partial charge in [0.25, 0.3) is 5.91 Å². The van der Waals surface area contributed by atoms with Crippen molar-refractivity contribution in [2.24, 2.45) is 0 Å². The minimum atomic E-state index is -0.260. The molecular weight excluding hydrogens is 226 g/mol. The van der Waals surface area contributed by atoms with Crippen LogP contribution in [0.5, 0.6) is 0 Å². The summed E-state index contributed by atoms with van der Waals surface area (Å²) in [5.41, 5.74) is 0.245. The molecule has 0 radical (unpaired) electrons. The lowest BCUT2D eigenvalue weighted by Gasteiger charge is -2.10. The average Bonchev–Trinajstić information content (AvgIpc) is 2.16. The highest BCUT2D eigenvalue weighted by molar-refractivity contribution is 6.33. The first kappa shape index (κ1) is 12.9. The van der Waals surface area contributed by atoms with Crippen molar-refractivity contribution in [3.05, 3.63) is 22.7 Å². The largest absolute Gasteiger partial charge is 0.348 e. The molecule has 1 aromatic rings. The topological polar surface area (TPSA) is 54.9 Å². The Morgan fingerprint density at radius 2 is 2.00 bits per heavy atom. The summed E-state index contributed by atoms with van der Waals surface area (Å²) in [5, 5.41) is 3.03. The van der Waals surface area contributed by atoms with Crippen LogP contribution in [0.3, 0.4) is 0 Å². The molecule has 5 heteroatoms. The second kappa shape index (κ2) is 5.25. The molecule has 0 saturated carbocycles. The molecule has 1 rings (SSSR count). The van der Waals surface area contributed by atoms with Crippen molar-refractivity contribution in [1.82, 2.24) is 15.3 Å². The summed E-state index contributed by atoms with van der Waals surface area (Å²) in [7, 11) is 0. The molecule has 1 heterocycles. The maximum Gasteiger partial charge on any atom is 0.271 e. The second-order valence-electron chi connectivity index (χ2n) is 4.21. The lowest BCUT2D eigenvalue weighted by Crippen LogP contribution is -2.31. The van der Waals surface area contributed by atoms with Gasteiger partial charge in [0.1, 0.15) is 11.5 Å². The van der Waals surface area contributed by atoms with Crippen molar-refractivity contribution in [2.75, 3.05) is 0 Å². The monoisotopic (exact) mass is 241 g/mol. The minimum absolute atomic E-state index is 0.0565. The summed E-state index contributed by atoms with van der Waals surface area (Å²) in [6, 6.07) is 0.0565. The van der Waals surface area contributed by atoms with Gasteiger partial charge >= 0.3 is 0 Å². The van der Waals surface area contributed by atoms with E-state index in [9.17, 15) is 4.79 Å². The predicted molar refractivity (Wildman–Crippen MR) is 63.7 cm³/mol. The van der Waals surface area contributed by atoms with Crippen molar-refractivity contribution in [1.29, 1.82) is 0 Å². The fourth-order valence-corrected chi connectivity index (χ4v) is 1.33. The number of rotatable bonds is 3. The molecule has 1 N–H and O–H groups in total. The van der Waals surface area contributed by atoms with E-state index in [4.69, 9.17) is 11.6 Å². The van der Waals surface area contributed by atoms with Crippen LogP contribution in [-0.4, -0.2) is 21.9 Å². The predicted octanol–water partition coefficient (Wildman–Crippen LogP) is 2.39. The van der Waals surface area contributed by atoms with Gasteiger partial charge < -0.3 is 5.32 Å². The normalized spacial score (nSPS) is 10.9. The second-order valence-corrected chi connectivity index (χ2v) is 4.61. The van der Waals surface area contributed by atoms with Crippen LogP contribution in [0.25, 0.3) is 0 Å². The summed E-state index contributed by atoms with van der Waals surface area (Å²) in [5.74, 6) is 0.533. The first-order valence-electron chi connectivity index (χ1n) is 5.25. The number of hydrogen-bond donors (Lipinski definition) is 1. The number of carbonyl (C=O) groups excluding carboxylic acids is 1. The first-order valence-corrected chi connectivity index (χ1v) is 5.63. The third-order valence-electron chi connectivity index (χ3n) is 1.91. The Balaban J connectivity index is 3.02. The van der Waals surface area contributed by atoms with E-state index in [2.05, 4.69) is 15.3 Å². The van der Waals surface area contributed by atoms with E-state index in [1.165, 1.54) is 6.20 Å². The molecule has 0 atom stereocenters. The van der Waals surface area contributed by atoms with Gasteiger partial charge in [-0.3, -0.25) is 4.79 Å². The van der Waals surface area contributed by atoms with Crippen LogP contribution in [-0.2, 0) is 0 Å². The SMILES string of the molecule is CC(C)NC(=O)c1nc(C(C)C)ncc1Cl. The number of nitrogens with one attached hydrogen (secondary N) is 1. The molecule has 0 aromatic carbocycles. The molecule has 0 saturated heterocycles. The Labute approximate surface area is 100 Å². The Kier molecular flexibility index (Phi) is 4.24. The van der Waals surface area contributed by atoms with Crippen molar-refractivity contribution in [2.45, 2.75) is 39.7 Å². The van der Waals surface area contributed by atoms with Crippen LogP contribution in [0.1, 0.15) is 49.9 Å². The number of nitrogens with zero attached hydrogens (tertiary/aromatic N) is 2. The summed E-state index contributed by atoms with van der Waals surface area (Å²) in [6.45, 7) is 7.70. The van der Waals surface area contributed by atoms with Crippen molar-refractivity contribution in [3.63, 3.8) is 0 Å². The van der Waals surface area contributed by atoms with E-state index in [1.807, 2.05) is 27.7 Å². The zero-order valence-electron chi connectivity index (χ0n) is 9.91. The fourth-order valence-electron chi connectivity index (χ4n) is 1.15. The Hall–Kier alpha value is -1.16. The Bertz CT molecular complexity index is 391. The van der Waals surface area contributed by atoms with Crippen LogP contribution in [0.15, 0.2) is 6.20 Å². The summed E-state index contributed by atoms with van der Waals surface area (Å²) in [6.07, 6.45) is 1.47. The Morgan fingerprint density at radius 1 is 1.38 bits per heavy atom. The van der Waals surface area contributed by atoms with E-state index >= 15 is 0 Å². The number of aromatic nitrogens is 2. The molecule has 0 spiro atoms. The summed E-state index contributed by atoms with van der Waals surface area (Å²) >= 11 is 5.89. The maximum absolute atomic E-state index is 11.8. The first-order chi connectivity index (χ1) is 7.41. The van der Waals surface area contributed by atoms with Crippen LogP contribution in [0.2, 0.25) is 5.02 Å². The summed E-state index contributed by atoms with van der Waals surface area (Å²) in [4.78, 5) is 20.0. The zero-order chi connectivity index (χ0) is 12.3. The van der Waals surface area contributed by atoms with Crippen LogP contribution < -0.4 is 5.32 Å². The zero-order valence-corrected chi connectivity index (χ0v) is 10.7. The van der Waals surface area contributed by atoms with Gasteiger partial charge in [-0.05, 0) is 13.8 Å². The molecule has 1 amide bonds. The third kappa shape index (κ3) is 3.17. The van der Waals surface area contributed by atoms with E-state index in [0.29, 0.717) is 5.82 Å². The van der Waals surface area contributed by atoms with E-state index < -0.39 is 0 Å². The third-order valence-corrected chi connectivity index (χ3v) is 2.19. The number of amides is 1. The standard InChI is InChI=1S/C11H16ClN3O/c1-6(2)10-13-5-8(12)9(15-10)11(16)14-7(3)4/h5-7H,1-4H3,(H,14,16). The highest BCUT2D eigenvalue weighted by Gasteiger charge is 2.15. The van der Waals surface area contributed by atoms with E-state index in [0.717, 1.165) is 0 Å². The van der Waals surface area contributed by atoms with Gasteiger partial charge in [0, 0.05) is 12.0 Å². The highest BCUT2D eigenvalue weighted by Crippen LogP contribution is 2.16. The van der Waals surface area contributed by atoms with Gasteiger partial charge in [0.05, 0.1) is 11.2 Å². The smallest absolute Gasteiger partial charge is 0.271 e. The molecule has 88 valence electrons. The fraction of sp³-hybridized carbons (Fsp3) is 0.545. The average molecular weight is 242 g/mol. The molecule has 1 aromatic heterocycles. The van der Waals surface area contributed by atoms with Gasteiger partial charge in [-0.2, -0.15) is 0 Å². The van der Waals surface area contributed by atoms with Crippen molar-refractivity contribution < 1.29 is 4.79 Å². The van der Waals surface area contributed by atoms with Gasteiger partial charge in [-0.25, -0.2) is 9.97 Å². The number of hydrogen-bond acceptors (Lipinski definition) is 3. The molecular formula is C11H16ClN3O. The quantitative estimate of drug-likeness (QED) is 0.884. The molecule has 0 fully saturated rings. The molecule has 16 heavy (non-hydrogen) atoms. The van der Waals surface area contributed by atoms with Gasteiger partial charge in [0.2, 0.25) is 0 Å². The molecule has 0 bridgehead atoms. The molecule has 0 unspecified atom stereocenters. The highest BCUT2D eigenvalue weighted by atomic mass is 35.5. The van der Waals surface area contributed by atoms with E-state index in [1.54, 1.807) is 0 Å². The van der Waals surface area contributed by atoms with Crippen LogP contribution >= 0.6 is 11.6 Å².